The summed E-state index contributed by atoms with van der Waals surface area (Å²) in [4.78, 5) is 11.5. The van der Waals surface area contributed by atoms with Crippen molar-refractivity contribution in [1.29, 1.82) is 0 Å². The number of ether oxygens (including phenoxy) is 2. The third-order valence-corrected chi connectivity index (χ3v) is 2.76. The van der Waals surface area contributed by atoms with Crippen molar-refractivity contribution in [2.24, 2.45) is 5.73 Å². The third kappa shape index (κ3) is 5.30. The van der Waals surface area contributed by atoms with Crippen molar-refractivity contribution >= 4 is 5.97 Å². The van der Waals surface area contributed by atoms with Crippen LogP contribution in [-0.4, -0.2) is 19.2 Å². The average Bonchev–Trinajstić information content (AvgIpc) is 2.37. The number of benzene rings is 1. The van der Waals surface area contributed by atoms with Gasteiger partial charge in [-0.3, -0.25) is 0 Å². The van der Waals surface area contributed by atoms with Gasteiger partial charge in [0.15, 0.2) is 6.61 Å². The summed E-state index contributed by atoms with van der Waals surface area (Å²) in [5.41, 5.74) is 7.91. The van der Waals surface area contributed by atoms with E-state index in [4.69, 9.17) is 15.2 Å². The Morgan fingerprint density at radius 1 is 1.42 bits per heavy atom. The molecule has 106 valence electrons. The Morgan fingerprint density at radius 3 is 2.79 bits per heavy atom. The molecular formula is C15H23NO3. The fourth-order valence-electron chi connectivity index (χ4n) is 1.66. The molecule has 0 radical (unpaired) electrons. The van der Waals surface area contributed by atoms with E-state index in [9.17, 15) is 4.79 Å². The maximum atomic E-state index is 11.5. The minimum Gasteiger partial charge on any atom is -0.482 e. The van der Waals surface area contributed by atoms with Gasteiger partial charge in [-0.25, -0.2) is 4.79 Å². The fourth-order valence-corrected chi connectivity index (χ4v) is 1.66. The first-order chi connectivity index (χ1) is 9.04. The summed E-state index contributed by atoms with van der Waals surface area (Å²) in [7, 11) is 0. The van der Waals surface area contributed by atoms with Crippen molar-refractivity contribution in [3.63, 3.8) is 0 Å². The lowest BCUT2D eigenvalue weighted by Gasteiger charge is -2.14. The molecule has 0 aliphatic carbocycles. The predicted molar refractivity (Wildman–Crippen MR) is 75.1 cm³/mol. The largest absolute Gasteiger partial charge is 0.482 e. The number of hydrogen-bond donors (Lipinski definition) is 1. The number of aryl methyl sites for hydroxylation is 1. The highest BCUT2D eigenvalue weighted by Gasteiger charge is 2.10. The molecule has 1 aromatic rings. The van der Waals surface area contributed by atoms with E-state index in [1.165, 1.54) is 0 Å². The lowest BCUT2D eigenvalue weighted by molar-refractivity contribution is -0.146. The number of hydrogen-bond acceptors (Lipinski definition) is 4. The summed E-state index contributed by atoms with van der Waals surface area (Å²) in [5.74, 6) is 0.303. The number of nitrogens with two attached hydrogens (primary N) is 1. The fraction of sp³-hybridized carbons (Fsp3) is 0.533. The van der Waals surface area contributed by atoms with E-state index in [2.05, 4.69) is 0 Å². The lowest BCUT2D eigenvalue weighted by atomic mass is 10.1. The summed E-state index contributed by atoms with van der Waals surface area (Å²) >= 11 is 0. The van der Waals surface area contributed by atoms with E-state index < -0.39 is 0 Å². The van der Waals surface area contributed by atoms with Crippen LogP contribution in [0.3, 0.4) is 0 Å². The molecule has 0 aliphatic rings. The zero-order valence-electron chi connectivity index (χ0n) is 11.9. The molecule has 0 spiro atoms. The number of rotatable bonds is 7. The van der Waals surface area contributed by atoms with Gasteiger partial charge in [0.25, 0.3) is 0 Å². The number of carbonyl (C=O) groups excluding carboxylic acids is 1. The van der Waals surface area contributed by atoms with E-state index in [-0.39, 0.29) is 18.6 Å². The normalized spacial score (nSPS) is 12.0. The second kappa shape index (κ2) is 7.79. The summed E-state index contributed by atoms with van der Waals surface area (Å²) < 4.78 is 10.5. The van der Waals surface area contributed by atoms with E-state index in [1.54, 1.807) is 0 Å². The van der Waals surface area contributed by atoms with Crippen LogP contribution in [0, 0.1) is 6.92 Å². The van der Waals surface area contributed by atoms with Gasteiger partial charge in [0.2, 0.25) is 0 Å². The molecule has 0 fully saturated rings. The molecule has 0 saturated heterocycles. The Kier molecular flexibility index (Phi) is 6.36. The Morgan fingerprint density at radius 2 is 2.16 bits per heavy atom. The Bertz CT molecular complexity index is 416. The van der Waals surface area contributed by atoms with Crippen molar-refractivity contribution < 1.29 is 14.3 Å². The number of esters is 1. The van der Waals surface area contributed by atoms with Gasteiger partial charge in [0, 0.05) is 11.6 Å². The van der Waals surface area contributed by atoms with E-state index >= 15 is 0 Å². The molecule has 1 rings (SSSR count). The lowest BCUT2D eigenvalue weighted by Crippen LogP contribution is -2.17. The van der Waals surface area contributed by atoms with Crippen LogP contribution in [0.1, 0.15) is 43.9 Å². The maximum absolute atomic E-state index is 11.5. The van der Waals surface area contributed by atoms with Gasteiger partial charge in [0.05, 0.1) is 6.61 Å². The maximum Gasteiger partial charge on any atom is 0.344 e. The minimum absolute atomic E-state index is 0.0769. The Labute approximate surface area is 114 Å². The van der Waals surface area contributed by atoms with Crippen LogP contribution >= 0.6 is 0 Å². The van der Waals surface area contributed by atoms with Gasteiger partial charge in [-0.1, -0.05) is 31.0 Å². The summed E-state index contributed by atoms with van der Waals surface area (Å²) in [6, 6.07) is 5.62. The molecule has 0 heterocycles. The van der Waals surface area contributed by atoms with Crippen LogP contribution < -0.4 is 10.5 Å². The average molecular weight is 265 g/mol. The Balaban J connectivity index is 2.55. The molecule has 0 amide bonds. The molecule has 0 aliphatic heterocycles. The van der Waals surface area contributed by atoms with Crippen LogP contribution in [0.4, 0.5) is 0 Å². The van der Waals surface area contributed by atoms with Crippen molar-refractivity contribution in [1.82, 2.24) is 0 Å². The molecule has 4 heteroatoms. The monoisotopic (exact) mass is 265 g/mol. The van der Waals surface area contributed by atoms with Gasteiger partial charge in [-0.2, -0.15) is 0 Å². The van der Waals surface area contributed by atoms with Gasteiger partial charge in [-0.05, 0) is 26.3 Å². The van der Waals surface area contributed by atoms with E-state index in [0.717, 1.165) is 24.0 Å². The Hall–Kier alpha value is -1.55. The molecule has 19 heavy (non-hydrogen) atoms. The van der Waals surface area contributed by atoms with Crippen LogP contribution in [0.2, 0.25) is 0 Å². The molecule has 0 aromatic heterocycles. The highest BCUT2D eigenvalue weighted by molar-refractivity contribution is 5.71. The quantitative estimate of drug-likeness (QED) is 0.608. The molecule has 0 saturated carbocycles. The highest BCUT2D eigenvalue weighted by atomic mass is 16.6. The van der Waals surface area contributed by atoms with Gasteiger partial charge >= 0.3 is 5.97 Å². The zero-order valence-corrected chi connectivity index (χ0v) is 11.9. The molecule has 1 atom stereocenters. The highest BCUT2D eigenvalue weighted by Crippen LogP contribution is 2.24. The number of unbranched alkanes of at least 4 members (excludes halogenated alkanes) is 1. The predicted octanol–water partition coefficient (Wildman–Crippen LogP) is 2.74. The second-order valence-corrected chi connectivity index (χ2v) is 4.69. The van der Waals surface area contributed by atoms with Gasteiger partial charge in [0.1, 0.15) is 5.75 Å². The number of carbonyl (C=O) groups is 1. The minimum atomic E-state index is -0.343. The zero-order chi connectivity index (χ0) is 14.3. The van der Waals surface area contributed by atoms with Crippen LogP contribution in [-0.2, 0) is 9.53 Å². The summed E-state index contributed by atoms with van der Waals surface area (Å²) in [6.07, 6.45) is 1.88. The van der Waals surface area contributed by atoms with Crippen LogP contribution in [0.25, 0.3) is 0 Å². The SMILES string of the molecule is CCCCOC(=O)COc1ccc(C)cc1[C@@H](C)N. The molecule has 2 N–H and O–H groups in total. The first kappa shape index (κ1) is 15.5. The topological polar surface area (TPSA) is 61.5 Å². The van der Waals surface area contributed by atoms with Crippen molar-refractivity contribution in [2.75, 3.05) is 13.2 Å². The van der Waals surface area contributed by atoms with E-state index in [1.807, 2.05) is 39.0 Å². The van der Waals surface area contributed by atoms with Crippen LogP contribution in [0.15, 0.2) is 18.2 Å². The first-order valence-corrected chi connectivity index (χ1v) is 6.69. The molecule has 4 nitrogen and oxygen atoms in total. The second-order valence-electron chi connectivity index (χ2n) is 4.69. The van der Waals surface area contributed by atoms with Gasteiger partial charge in [-0.15, -0.1) is 0 Å². The van der Waals surface area contributed by atoms with Gasteiger partial charge < -0.3 is 15.2 Å². The molecular weight excluding hydrogens is 242 g/mol. The summed E-state index contributed by atoms with van der Waals surface area (Å²) in [5, 5.41) is 0. The molecule has 0 unspecified atom stereocenters. The molecule has 0 bridgehead atoms. The van der Waals surface area contributed by atoms with Crippen LogP contribution in [0.5, 0.6) is 5.75 Å². The third-order valence-electron chi connectivity index (χ3n) is 2.76. The van der Waals surface area contributed by atoms with Crippen molar-refractivity contribution in [2.45, 2.75) is 39.7 Å². The molecule has 1 aromatic carbocycles. The van der Waals surface area contributed by atoms with Crippen molar-refractivity contribution in [3.8, 4) is 5.75 Å². The summed E-state index contributed by atoms with van der Waals surface area (Å²) in [6.45, 7) is 6.31. The van der Waals surface area contributed by atoms with Crippen molar-refractivity contribution in [3.05, 3.63) is 29.3 Å². The smallest absolute Gasteiger partial charge is 0.344 e. The standard InChI is InChI=1S/C15H23NO3/c1-4-5-8-18-15(17)10-19-14-7-6-11(2)9-13(14)12(3)16/h6-7,9,12H,4-5,8,10,16H2,1-3H3/t12-/m1/s1. The van der Waals surface area contributed by atoms with E-state index in [0.29, 0.717) is 12.4 Å². The first-order valence-electron chi connectivity index (χ1n) is 6.69.